The molecule has 3 heteroatoms. The first-order valence-electron chi connectivity index (χ1n) is 5.19. The van der Waals surface area contributed by atoms with Crippen molar-refractivity contribution in [2.45, 2.75) is 12.8 Å². The van der Waals surface area contributed by atoms with Gasteiger partial charge in [0.1, 0.15) is 12.0 Å². The number of ether oxygens (including phenoxy) is 1. The molecule has 1 aromatic rings. The average molecular weight is 283 g/mol. The molecule has 0 radical (unpaired) electrons. The van der Waals surface area contributed by atoms with Crippen LogP contribution < -0.4 is 4.74 Å². The fraction of sp³-hybridized carbons (Fsp3) is 0.308. The molecule has 0 heterocycles. The van der Waals surface area contributed by atoms with Gasteiger partial charge in [0.15, 0.2) is 0 Å². The standard InChI is InChI=1S/C13H15BrO2/c1-2-4-12-9-11(10-15)5-6-13(12)16-8-3-7-14/h2,5-6,9-10H,1,3-4,7-8H2. The normalized spacial score (nSPS) is 9.81. The van der Waals surface area contributed by atoms with E-state index in [1.54, 1.807) is 12.1 Å². The molecular formula is C13H15BrO2. The largest absolute Gasteiger partial charge is 0.493 e. The number of allylic oxidation sites excluding steroid dienone is 1. The second-order valence-electron chi connectivity index (χ2n) is 3.37. The lowest BCUT2D eigenvalue weighted by Gasteiger charge is -2.10. The Morgan fingerprint density at radius 3 is 2.88 bits per heavy atom. The maximum absolute atomic E-state index is 10.7. The molecule has 0 N–H and O–H groups in total. The van der Waals surface area contributed by atoms with Crippen molar-refractivity contribution in [3.05, 3.63) is 42.0 Å². The third-order valence-electron chi connectivity index (χ3n) is 2.12. The molecule has 0 unspecified atom stereocenters. The van der Waals surface area contributed by atoms with E-state index in [2.05, 4.69) is 22.5 Å². The first-order chi connectivity index (χ1) is 7.81. The van der Waals surface area contributed by atoms with Crippen molar-refractivity contribution in [1.29, 1.82) is 0 Å². The zero-order valence-electron chi connectivity index (χ0n) is 9.12. The summed E-state index contributed by atoms with van der Waals surface area (Å²) in [5, 5.41) is 0.927. The van der Waals surface area contributed by atoms with Crippen molar-refractivity contribution in [3.8, 4) is 5.75 Å². The highest BCUT2D eigenvalue weighted by atomic mass is 79.9. The second-order valence-corrected chi connectivity index (χ2v) is 4.16. The monoisotopic (exact) mass is 282 g/mol. The second kappa shape index (κ2) is 7.23. The van der Waals surface area contributed by atoms with Crippen molar-refractivity contribution in [2.24, 2.45) is 0 Å². The minimum Gasteiger partial charge on any atom is -0.493 e. The summed E-state index contributed by atoms with van der Waals surface area (Å²) in [6, 6.07) is 5.46. The molecule has 2 nitrogen and oxygen atoms in total. The van der Waals surface area contributed by atoms with Gasteiger partial charge in [-0.05, 0) is 36.6 Å². The minimum atomic E-state index is 0.671. The maximum Gasteiger partial charge on any atom is 0.150 e. The highest BCUT2D eigenvalue weighted by Gasteiger charge is 2.03. The van der Waals surface area contributed by atoms with E-state index >= 15 is 0 Å². The first kappa shape index (κ1) is 13.0. The van der Waals surface area contributed by atoms with E-state index in [4.69, 9.17) is 4.74 Å². The summed E-state index contributed by atoms with van der Waals surface area (Å²) in [5.41, 5.74) is 1.68. The number of hydrogen-bond donors (Lipinski definition) is 0. The third kappa shape index (κ3) is 3.81. The Bertz CT molecular complexity index is 361. The van der Waals surface area contributed by atoms with E-state index in [0.29, 0.717) is 18.6 Å². The van der Waals surface area contributed by atoms with Crippen LogP contribution in [-0.4, -0.2) is 18.2 Å². The van der Waals surface area contributed by atoms with E-state index in [0.717, 1.165) is 29.4 Å². The number of carbonyl (C=O) groups excluding carboxylic acids is 1. The predicted octanol–water partition coefficient (Wildman–Crippen LogP) is 3.39. The SMILES string of the molecule is C=CCc1cc(C=O)ccc1OCCCBr. The lowest BCUT2D eigenvalue weighted by molar-refractivity contribution is 0.112. The molecule has 0 aliphatic rings. The topological polar surface area (TPSA) is 26.3 Å². The van der Waals surface area contributed by atoms with Crippen LogP contribution in [0.5, 0.6) is 5.75 Å². The fourth-order valence-corrected chi connectivity index (χ4v) is 1.59. The Morgan fingerprint density at radius 2 is 2.25 bits per heavy atom. The van der Waals surface area contributed by atoms with Crippen LogP contribution in [0.3, 0.4) is 0 Å². The third-order valence-corrected chi connectivity index (χ3v) is 2.68. The number of hydrogen-bond acceptors (Lipinski definition) is 2. The summed E-state index contributed by atoms with van der Waals surface area (Å²) < 4.78 is 5.64. The molecule has 0 aromatic heterocycles. The summed E-state index contributed by atoms with van der Waals surface area (Å²) in [6.07, 6.45) is 4.32. The molecule has 0 bridgehead atoms. The predicted molar refractivity (Wildman–Crippen MR) is 69.6 cm³/mol. The molecule has 86 valence electrons. The molecule has 1 aromatic carbocycles. The van der Waals surface area contributed by atoms with Crippen LogP contribution >= 0.6 is 15.9 Å². The highest BCUT2D eigenvalue weighted by Crippen LogP contribution is 2.20. The van der Waals surface area contributed by atoms with Gasteiger partial charge in [-0.15, -0.1) is 6.58 Å². The van der Waals surface area contributed by atoms with Crippen LogP contribution in [0.25, 0.3) is 0 Å². The molecule has 16 heavy (non-hydrogen) atoms. The summed E-state index contributed by atoms with van der Waals surface area (Å²) in [7, 11) is 0. The van der Waals surface area contributed by atoms with E-state index in [-0.39, 0.29) is 0 Å². The van der Waals surface area contributed by atoms with Gasteiger partial charge in [0, 0.05) is 10.9 Å². The van der Waals surface area contributed by atoms with Gasteiger partial charge in [-0.3, -0.25) is 4.79 Å². The van der Waals surface area contributed by atoms with Crippen molar-refractivity contribution in [3.63, 3.8) is 0 Å². The fourth-order valence-electron chi connectivity index (χ4n) is 1.37. The van der Waals surface area contributed by atoms with E-state index in [1.165, 1.54) is 0 Å². The maximum atomic E-state index is 10.7. The van der Waals surface area contributed by atoms with Gasteiger partial charge in [-0.1, -0.05) is 22.0 Å². The van der Waals surface area contributed by atoms with Gasteiger partial charge in [-0.25, -0.2) is 0 Å². The minimum absolute atomic E-state index is 0.671. The summed E-state index contributed by atoms with van der Waals surface area (Å²) in [5.74, 6) is 0.839. The van der Waals surface area contributed by atoms with Gasteiger partial charge in [0.2, 0.25) is 0 Å². The number of alkyl halides is 1. The van der Waals surface area contributed by atoms with Crippen molar-refractivity contribution < 1.29 is 9.53 Å². The van der Waals surface area contributed by atoms with E-state index in [9.17, 15) is 4.79 Å². The molecule has 1 rings (SSSR count). The van der Waals surface area contributed by atoms with E-state index in [1.807, 2.05) is 12.1 Å². The van der Waals surface area contributed by atoms with Crippen molar-refractivity contribution in [2.75, 3.05) is 11.9 Å². The van der Waals surface area contributed by atoms with Gasteiger partial charge in [0.05, 0.1) is 6.61 Å². The molecular weight excluding hydrogens is 268 g/mol. The van der Waals surface area contributed by atoms with Crippen molar-refractivity contribution >= 4 is 22.2 Å². The smallest absolute Gasteiger partial charge is 0.150 e. The van der Waals surface area contributed by atoms with Crippen molar-refractivity contribution in [1.82, 2.24) is 0 Å². The lowest BCUT2D eigenvalue weighted by Crippen LogP contribution is -2.01. The Kier molecular flexibility index (Phi) is 5.86. The summed E-state index contributed by atoms with van der Waals surface area (Å²) in [4.78, 5) is 10.7. The van der Waals surface area contributed by atoms with Crippen LogP contribution in [0.1, 0.15) is 22.3 Å². The number of aldehydes is 1. The molecule has 0 atom stereocenters. The molecule has 0 fully saturated rings. The summed E-state index contributed by atoms with van der Waals surface area (Å²) >= 11 is 3.35. The zero-order valence-corrected chi connectivity index (χ0v) is 10.7. The molecule has 0 spiro atoms. The Hall–Kier alpha value is -1.09. The molecule has 0 saturated carbocycles. The highest BCUT2D eigenvalue weighted by molar-refractivity contribution is 9.09. The van der Waals surface area contributed by atoms with Gasteiger partial charge in [0.25, 0.3) is 0 Å². The van der Waals surface area contributed by atoms with Crippen LogP contribution in [0.2, 0.25) is 0 Å². The first-order valence-corrected chi connectivity index (χ1v) is 6.31. The van der Waals surface area contributed by atoms with Gasteiger partial charge < -0.3 is 4.74 Å². The van der Waals surface area contributed by atoms with Gasteiger partial charge >= 0.3 is 0 Å². The zero-order chi connectivity index (χ0) is 11.8. The van der Waals surface area contributed by atoms with Gasteiger partial charge in [-0.2, -0.15) is 0 Å². The summed E-state index contributed by atoms with van der Waals surface area (Å²) in [6.45, 7) is 4.37. The number of rotatable bonds is 7. The van der Waals surface area contributed by atoms with Crippen LogP contribution in [0.4, 0.5) is 0 Å². The Morgan fingerprint density at radius 1 is 1.44 bits per heavy atom. The van der Waals surface area contributed by atoms with Crippen LogP contribution in [-0.2, 0) is 6.42 Å². The number of halogens is 1. The van der Waals surface area contributed by atoms with Crippen LogP contribution in [0.15, 0.2) is 30.9 Å². The molecule has 0 aliphatic heterocycles. The molecule has 0 amide bonds. The Balaban J connectivity index is 2.80. The Labute approximate surface area is 104 Å². The quantitative estimate of drug-likeness (QED) is 0.332. The van der Waals surface area contributed by atoms with Crippen LogP contribution in [0, 0.1) is 0 Å². The number of carbonyl (C=O) groups is 1. The number of benzene rings is 1. The molecule has 0 aliphatic carbocycles. The molecule has 0 saturated heterocycles. The lowest BCUT2D eigenvalue weighted by atomic mass is 10.1. The average Bonchev–Trinajstić information content (AvgIpc) is 2.31. The van der Waals surface area contributed by atoms with E-state index < -0.39 is 0 Å².